The van der Waals surface area contributed by atoms with E-state index in [4.69, 9.17) is 10.5 Å². The summed E-state index contributed by atoms with van der Waals surface area (Å²) >= 11 is 0. The second-order valence-corrected chi connectivity index (χ2v) is 7.18. The zero-order valence-electron chi connectivity index (χ0n) is 17.1. The van der Waals surface area contributed by atoms with Crippen molar-refractivity contribution in [1.82, 2.24) is 0 Å². The molecule has 1 heterocycles. The van der Waals surface area contributed by atoms with Crippen LogP contribution in [0.5, 0.6) is 0 Å². The third kappa shape index (κ3) is 4.20. The van der Waals surface area contributed by atoms with Crippen molar-refractivity contribution < 1.29 is 14.3 Å². The van der Waals surface area contributed by atoms with Crippen LogP contribution in [0.15, 0.2) is 72.8 Å². The summed E-state index contributed by atoms with van der Waals surface area (Å²) in [6, 6.07) is 22.7. The first-order chi connectivity index (χ1) is 15.1. The third-order valence-electron chi connectivity index (χ3n) is 5.15. The minimum absolute atomic E-state index is 0.233. The molecule has 0 atom stereocenters. The van der Waals surface area contributed by atoms with E-state index >= 15 is 0 Å². The maximum atomic E-state index is 13.0. The number of hydrogen-bond donors (Lipinski definition) is 3. The zero-order valence-corrected chi connectivity index (χ0v) is 17.1. The van der Waals surface area contributed by atoms with E-state index in [9.17, 15) is 9.59 Å². The fourth-order valence-corrected chi connectivity index (χ4v) is 3.62. The van der Waals surface area contributed by atoms with Gasteiger partial charge in [0.25, 0.3) is 5.91 Å². The Morgan fingerprint density at radius 3 is 2.42 bits per heavy atom. The molecule has 0 unspecified atom stereocenters. The van der Waals surface area contributed by atoms with Gasteiger partial charge in [-0.2, -0.15) is 0 Å². The average Bonchev–Trinajstić information content (AvgIpc) is 3.13. The van der Waals surface area contributed by atoms with Gasteiger partial charge in [0.05, 0.1) is 29.6 Å². The van der Waals surface area contributed by atoms with E-state index in [-0.39, 0.29) is 5.91 Å². The lowest BCUT2D eigenvalue weighted by atomic mass is 9.99. The topological polar surface area (TPSA) is 93.4 Å². The summed E-state index contributed by atoms with van der Waals surface area (Å²) < 4.78 is 4.79. The molecule has 0 saturated carbocycles. The van der Waals surface area contributed by atoms with Crippen molar-refractivity contribution in [2.24, 2.45) is 5.73 Å². The predicted octanol–water partition coefficient (Wildman–Crippen LogP) is 3.91. The lowest BCUT2D eigenvalue weighted by molar-refractivity contribution is -0.110. The molecule has 1 aliphatic rings. The Balaban J connectivity index is 1.80. The number of esters is 1. The summed E-state index contributed by atoms with van der Waals surface area (Å²) in [6.07, 6.45) is 0.811. The Morgan fingerprint density at radius 2 is 1.74 bits per heavy atom. The van der Waals surface area contributed by atoms with Crippen LogP contribution in [-0.4, -0.2) is 25.5 Å². The molecule has 3 aromatic rings. The number of rotatable bonds is 6. The number of anilines is 2. The first kappa shape index (κ1) is 20.4. The molecule has 0 saturated heterocycles. The van der Waals surface area contributed by atoms with E-state index in [2.05, 4.69) is 10.6 Å². The molecule has 0 bridgehead atoms. The molecule has 4 N–H and O–H groups in total. The van der Waals surface area contributed by atoms with Gasteiger partial charge in [0.15, 0.2) is 0 Å². The Kier molecular flexibility index (Phi) is 5.82. The van der Waals surface area contributed by atoms with Crippen molar-refractivity contribution in [1.29, 1.82) is 0 Å². The predicted molar refractivity (Wildman–Crippen MR) is 122 cm³/mol. The van der Waals surface area contributed by atoms with Crippen LogP contribution >= 0.6 is 0 Å². The van der Waals surface area contributed by atoms with Crippen LogP contribution < -0.4 is 16.4 Å². The van der Waals surface area contributed by atoms with E-state index < -0.39 is 5.97 Å². The molecule has 0 aromatic heterocycles. The maximum absolute atomic E-state index is 13.0. The number of hydrogen-bond acceptors (Lipinski definition) is 5. The quantitative estimate of drug-likeness (QED) is 0.421. The molecule has 6 nitrogen and oxygen atoms in total. The maximum Gasteiger partial charge on any atom is 0.337 e. The van der Waals surface area contributed by atoms with Gasteiger partial charge in [0, 0.05) is 11.3 Å². The van der Waals surface area contributed by atoms with E-state index in [1.54, 1.807) is 18.2 Å². The van der Waals surface area contributed by atoms with Crippen molar-refractivity contribution >= 4 is 34.5 Å². The van der Waals surface area contributed by atoms with E-state index in [1.807, 2.05) is 54.6 Å². The average molecular weight is 413 g/mol. The van der Waals surface area contributed by atoms with Gasteiger partial charge in [-0.15, -0.1) is 0 Å². The number of nitrogens with one attached hydrogen (secondary N) is 2. The monoisotopic (exact) mass is 413 g/mol. The molecular weight excluding hydrogens is 390 g/mol. The van der Waals surface area contributed by atoms with E-state index in [1.165, 1.54) is 7.11 Å². The minimum atomic E-state index is -0.451. The SMILES string of the molecule is COC(=O)c1ccc2c(c1)NC(=O)/C2=C(\Nc1ccc(CCN)cc1)c1ccccc1. The van der Waals surface area contributed by atoms with Gasteiger partial charge in [-0.3, -0.25) is 4.79 Å². The summed E-state index contributed by atoms with van der Waals surface area (Å²) in [6.45, 7) is 0.594. The van der Waals surface area contributed by atoms with Gasteiger partial charge in [-0.1, -0.05) is 48.5 Å². The molecule has 3 aromatic carbocycles. The highest BCUT2D eigenvalue weighted by atomic mass is 16.5. The van der Waals surface area contributed by atoms with Gasteiger partial charge in [0.1, 0.15) is 0 Å². The Morgan fingerprint density at radius 1 is 1.00 bits per heavy atom. The standard InChI is InChI=1S/C25H23N3O3/c1-31-25(30)18-9-12-20-21(15-18)28-24(29)22(20)23(17-5-3-2-4-6-17)27-19-10-7-16(8-11-19)13-14-26/h2-12,15,27H,13-14,26H2,1H3,(H,28,29)/b23-22-. The molecule has 4 rings (SSSR count). The zero-order chi connectivity index (χ0) is 21.8. The molecule has 6 heteroatoms. The fourth-order valence-electron chi connectivity index (χ4n) is 3.62. The number of carbonyl (C=O) groups is 2. The van der Waals surface area contributed by atoms with E-state index in [0.29, 0.717) is 29.1 Å². The molecule has 0 fully saturated rings. The van der Waals surface area contributed by atoms with Crippen molar-refractivity contribution in [2.45, 2.75) is 6.42 Å². The molecule has 0 aliphatic carbocycles. The van der Waals surface area contributed by atoms with Crippen LogP contribution in [0.3, 0.4) is 0 Å². The number of fused-ring (bicyclic) bond motifs is 1. The van der Waals surface area contributed by atoms with Crippen molar-refractivity contribution in [3.63, 3.8) is 0 Å². The molecule has 0 spiro atoms. The summed E-state index contributed by atoms with van der Waals surface area (Å²) in [5.41, 5.74) is 11.4. The lowest BCUT2D eigenvalue weighted by Crippen LogP contribution is -2.10. The molecule has 31 heavy (non-hydrogen) atoms. The number of benzene rings is 3. The van der Waals surface area contributed by atoms with Gasteiger partial charge >= 0.3 is 5.97 Å². The Hall–Kier alpha value is -3.90. The van der Waals surface area contributed by atoms with Crippen molar-refractivity contribution in [3.8, 4) is 0 Å². The second-order valence-electron chi connectivity index (χ2n) is 7.18. The van der Waals surface area contributed by atoms with Gasteiger partial charge in [-0.25, -0.2) is 4.79 Å². The highest BCUT2D eigenvalue weighted by Crippen LogP contribution is 2.38. The van der Waals surface area contributed by atoms with Crippen LogP contribution in [0.1, 0.15) is 27.0 Å². The van der Waals surface area contributed by atoms with Crippen LogP contribution in [0.4, 0.5) is 11.4 Å². The molecule has 156 valence electrons. The molecule has 0 radical (unpaired) electrons. The second kappa shape index (κ2) is 8.85. The lowest BCUT2D eigenvalue weighted by Gasteiger charge is -2.15. The number of methoxy groups -OCH3 is 1. The van der Waals surface area contributed by atoms with E-state index in [0.717, 1.165) is 28.8 Å². The fraction of sp³-hybridized carbons (Fsp3) is 0.120. The highest BCUT2D eigenvalue weighted by Gasteiger charge is 2.29. The summed E-state index contributed by atoms with van der Waals surface area (Å²) in [7, 11) is 1.33. The van der Waals surface area contributed by atoms with Gasteiger partial charge in [0.2, 0.25) is 0 Å². The van der Waals surface area contributed by atoms with Crippen LogP contribution in [0.25, 0.3) is 11.3 Å². The highest BCUT2D eigenvalue weighted by molar-refractivity contribution is 6.37. The number of nitrogens with two attached hydrogens (primary N) is 1. The Bertz CT molecular complexity index is 1150. The van der Waals surface area contributed by atoms with Crippen LogP contribution in [0.2, 0.25) is 0 Å². The van der Waals surface area contributed by atoms with Gasteiger partial charge in [-0.05, 0) is 48.4 Å². The first-order valence-corrected chi connectivity index (χ1v) is 10.0. The van der Waals surface area contributed by atoms with Gasteiger partial charge < -0.3 is 21.1 Å². The molecule has 1 aliphatic heterocycles. The van der Waals surface area contributed by atoms with Crippen molar-refractivity contribution in [2.75, 3.05) is 24.3 Å². The number of ether oxygens (including phenoxy) is 1. The molecular formula is C25H23N3O3. The molecule has 1 amide bonds. The smallest absolute Gasteiger partial charge is 0.337 e. The largest absolute Gasteiger partial charge is 0.465 e. The van der Waals surface area contributed by atoms with Crippen molar-refractivity contribution in [3.05, 3.63) is 95.1 Å². The number of carbonyl (C=O) groups excluding carboxylic acids is 2. The minimum Gasteiger partial charge on any atom is -0.465 e. The number of amides is 1. The first-order valence-electron chi connectivity index (χ1n) is 10.0. The third-order valence-corrected chi connectivity index (χ3v) is 5.15. The summed E-state index contributed by atoms with van der Waals surface area (Å²) in [5.74, 6) is -0.684. The van der Waals surface area contributed by atoms with Crippen LogP contribution in [0, 0.1) is 0 Å². The summed E-state index contributed by atoms with van der Waals surface area (Å²) in [5, 5.41) is 6.29. The Labute approximate surface area is 180 Å². The normalized spacial score (nSPS) is 13.9. The summed E-state index contributed by atoms with van der Waals surface area (Å²) in [4.78, 5) is 24.9. The van der Waals surface area contributed by atoms with Crippen LogP contribution in [-0.2, 0) is 16.0 Å².